The summed E-state index contributed by atoms with van der Waals surface area (Å²) in [4.78, 5) is 26.3. The van der Waals surface area contributed by atoms with Gasteiger partial charge in [0.15, 0.2) is 0 Å². The molecule has 61 heavy (non-hydrogen) atoms. The smallest absolute Gasteiger partial charge is 0.240 e. The molecule has 0 atom stereocenters. The van der Waals surface area contributed by atoms with Crippen LogP contribution in [-0.4, -0.2) is 111 Å². The molecular weight excluding hydrogens is 807 g/mol. The molecule has 0 bridgehead atoms. The minimum Gasteiger partial charge on any atom is -0.369 e. The van der Waals surface area contributed by atoms with Crippen molar-refractivity contribution < 1.29 is 21.6 Å². The van der Waals surface area contributed by atoms with Crippen LogP contribution in [0.25, 0.3) is 0 Å². The van der Waals surface area contributed by atoms with E-state index in [1.807, 2.05) is 88.0 Å². The van der Waals surface area contributed by atoms with E-state index >= 15 is 0 Å². The number of nitrogens with one attached hydrogen (secondary N) is 2. The molecule has 330 valence electrons. The highest BCUT2D eigenvalue weighted by Crippen LogP contribution is 2.35. The first-order chi connectivity index (χ1) is 29.1. The molecule has 0 spiro atoms. The number of unbranched alkanes of at least 4 members (excludes halogenated alkanes) is 2. The van der Waals surface area contributed by atoms with Crippen molar-refractivity contribution in [2.45, 2.75) is 70.1 Å². The normalized spacial score (nSPS) is 15.9. The van der Waals surface area contributed by atoms with Gasteiger partial charge in [-0.3, -0.25) is 19.5 Å². The Morgan fingerprint density at radius 3 is 1.30 bits per heavy atom. The van der Waals surface area contributed by atoms with E-state index in [1.54, 1.807) is 24.3 Å². The van der Waals surface area contributed by atoms with Gasteiger partial charge in [-0.2, -0.15) is 0 Å². The average Bonchev–Trinajstić information content (AvgIpc) is 3.24. The van der Waals surface area contributed by atoms with E-state index in [9.17, 15) is 21.6 Å². The molecule has 2 saturated heterocycles. The fraction of sp³-hybridized carbons (Fsp3) is 0.468. The predicted molar refractivity (Wildman–Crippen MR) is 248 cm³/mol. The number of hydrogen-bond donors (Lipinski definition) is 2. The summed E-state index contributed by atoms with van der Waals surface area (Å²) in [6.45, 7) is 19.6. The third-order valence-corrected chi connectivity index (χ3v) is 14.5. The maximum atomic E-state index is 14.2. The predicted octanol–water partition coefficient (Wildman–Crippen LogP) is 6.78. The summed E-state index contributed by atoms with van der Waals surface area (Å²) in [5.74, 6) is 0.0266. The van der Waals surface area contributed by atoms with Crippen LogP contribution in [0, 0.1) is 19.3 Å². The molecule has 0 aliphatic carbocycles. The van der Waals surface area contributed by atoms with Crippen molar-refractivity contribution in [3.05, 3.63) is 108 Å². The number of carbonyl (C=O) groups is 1. The minimum atomic E-state index is -3.50. The van der Waals surface area contributed by atoms with Gasteiger partial charge >= 0.3 is 0 Å². The Hall–Kier alpha value is -4.31. The summed E-state index contributed by atoms with van der Waals surface area (Å²) in [5.41, 5.74) is 5.31. The quantitative estimate of drug-likeness (QED) is 0.104. The van der Waals surface area contributed by atoms with Crippen LogP contribution < -0.4 is 24.1 Å². The number of aryl methyl sites for hydroxylation is 2. The van der Waals surface area contributed by atoms with Gasteiger partial charge in [-0.15, -0.1) is 0 Å². The van der Waals surface area contributed by atoms with Crippen LogP contribution in [0.5, 0.6) is 0 Å². The number of amides is 1. The Kier molecular flexibility index (Phi) is 15.7. The van der Waals surface area contributed by atoms with Gasteiger partial charge in [0.1, 0.15) is 0 Å². The van der Waals surface area contributed by atoms with Crippen LogP contribution in [-0.2, 0) is 24.8 Å². The van der Waals surface area contributed by atoms with Crippen molar-refractivity contribution >= 4 is 48.7 Å². The lowest BCUT2D eigenvalue weighted by Gasteiger charge is -2.37. The molecule has 14 heteroatoms. The van der Waals surface area contributed by atoms with Crippen molar-refractivity contribution in [3.8, 4) is 0 Å². The summed E-state index contributed by atoms with van der Waals surface area (Å²) in [7, 11) is -6.99. The van der Waals surface area contributed by atoms with Crippen LogP contribution in [0.3, 0.4) is 0 Å². The van der Waals surface area contributed by atoms with Gasteiger partial charge < -0.3 is 9.80 Å². The molecule has 0 aromatic heterocycles. The van der Waals surface area contributed by atoms with Crippen molar-refractivity contribution in [1.29, 1.82) is 0 Å². The Morgan fingerprint density at radius 1 is 0.557 bits per heavy atom. The second-order valence-electron chi connectivity index (χ2n) is 17.4. The molecule has 0 saturated carbocycles. The van der Waals surface area contributed by atoms with Gasteiger partial charge in [0.2, 0.25) is 26.0 Å². The van der Waals surface area contributed by atoms with Gasteiger partial charge in [-0.25, -0.2) is 26.3 Å². The van der Waals surface area contributed by atoms with Gasteiger partial charge in [-0.1, -0.05) is 68.3 Å². The van der Waals surface area contributed by atoms with Crippen molar-refractivity contribution in [2.75, 3.05) is 93.2 Å². The zero-order valence-electron chi connectivity index (χ0n) is 36.6. The maximum absolute atomic E-state index is 14.2. The molecule has 0 unspecified atom stereocenters. The Labute approximate surface area is 365 Å². The fourth-order valence-corrected chi connectivity index (χ4v) is 9.92. The monoisotopic (exact) mass is 871 g/mol. The molecule has 2 aliphatic heterocycles. The third kappa shape index (κ3) is 12.9. The SMILES string of the molecule is Cc1ccc(S(=O)(=O)NCCCCN2CCN(c3cccc(N(C(=O)C(C)(C)C)c4cccc(N5CCN(CCCCNS(=O)(=O)c6ccc(C)cc6)CC5)c4)c3)CC2)cc1. The van der Waals surface area contributed by atoms with Crippen LogP contribution in [0.1, 0.15) is 57.6 Å². The first-order valence-corrected chi connectivity index (χ1v) is 24.7. The Morgan fingerprint density at radius 2 is 0.934 bits per heavy atom. The number of nitrogens with zero attached hydrogens (tertiary/aromatic N) is 5. The zero-order valence-corrected chi connectivity index (χ0v) is 38.3. The van der Waals surface area contributed by atoms with Crippen LogP contribution in [0.15, 0.2) is 107 Å². The minimum absolute atomic E-state index is 0.0266. The van der Waals surface area contributed by atoms with Gasteiger partial charge in [-0.05, 0) is 113 Å². The Bertz CT molecular complexity index is 2120. The van der Waals surface area contributed by atoms with E-state index < -0.39 is 25.5 Å². The van der Waals surface area contributed by atoms with E-state index in [1.165, 1.54) is 0 Å². The summed E-state index contributed by atoms with van der Waals surface area (Å²) in [5, 5.41) is 0. The molecule has 2 heterocycles. The van der Waals surface area contributed by atoms with Gasteiger partial charge in [0.25, 0.3) is 0 Å². The molecule has 12 nitrogen and oxygen atoms in total. The number of sulfonamides is 2. The van der Waals surface area contributed by atoms with Crippen molar-refractivity contribution in [3.63, 3.8) is 0 Å². The Balaban J connectivity index is 0.988. The van der Waals surface area contributed by atoms with Crippen LogP contribution >= 0.6 is 0 Å². The van der Waals surface area contributed by atoms with E-state index in [2.05, 4.69) is 53.3 Å². The summed E-state index contributed by atoms with van der Waals surface area (Å²) >= 11 is 0. The largest absolute Gasteiger partial charge is 0.369 e. The second-order valence-corrected chi connectivity index (χ2v) is 21.0. The fourth-order valence-electron chi connectivity index (χ4n) is 7.77. The molecule has 6 rings (SSSR count). The van der Waals surface area contributed by atoms with Gasteiger partial charge in [0, 0.05) is 82.2 Å². The highest BCUT2D eigenvalue weighted by Gasteiger charge is 2.31. The molecular formula is C47H65N7O5S2. The molecule has 2 fully saturated rings. The first-order valence-electron chi connectivity index (χ1n) is 21.7. The summed E-state index contributed by atoms with van der Waals surface area (Å²) in [6.07, 6.45) is 3.36. The molecule has 0 radical (unpaired) electrons. The number of rotatable bonds is 18. The number of carbonyl (C=O) groups excluding carboxylic acids is 1. The summed E-state index contributed by atoms with van der Waals surface area (Å²) in [6, 6.07) is 30.5. The van der Waals surface area contributed by atoms with Gasteiger partial charge in [0.05, 0.1) is 21.2 Å². The molecule has 1 amide bonds. The lowest BCUT2D eigenvalue weighted by Crippen LogP contribution is -2.47. The zero-order chi connectivity index (χ0) is 43.6. The molecule has 4 aromatic carbocycles. The first kappa shape index (κ1) is 46.2. The molecule has 2 aliphatic rings. The van der Waals surface area contributed by atoms with Crippen LogP contribution in [0.2, 0.25) is 0 Å². The van der Waals surface area contributed by atoms with Crippen molar-refractivity contribution in [1.82, 2.24) is 19.2 Å². The number of benzene rings is 4. The highest BCUT2D eigenvalue weighted by molar-refractivity contribution is 7.89. The van der Waals surface area contributed by atoms with E-state index in [-0.39, 0.29) is 5.91 Å². The molecule has 2 N–H and O–H groups in total. The maximum Gasteiger partial charge on any atom is 0.240 e. The number of hydrogen-bond acceptors (Lipinski definition) is 9. The topological polar surface area (TPSA) is 126 Å². The summed E-state index contributed by atoms with van der Waals surface area (Å²) < 4.78 is 56.0. The average molecular weight is 872 g/mol. The van der Waals surface area contributed by atoms with E-state index in [4.69, 9.17) is 0 Å². The lowest BCUT2D eigenvalue weighted by atomic mass is 9.94. The van der Waals surface area contributed by atoms with E-state index in [0.29, 0.717) is 22.9 Å². The number of piperazine rings is 2. The van der Waals surface area contributed by atoms with Crippen molar-refractivity contribution in [2.24, 2.45) is 5.41 Å². The third-order valence-electron chi connectivity index (χ3n) is 11.5. The lowest BCUT2D eigenvalue weighted by molar-refractivity contribution is -0.125. The van der Waals surface area contributed by atoms with E-state index in [0.717, 1.165) is 125 Å². The standard InChI is InChI=1S/C47H65N7O5S2/c1-38-16-20-44(21-17-38)60(56,57)48-24-6-8-26-50-28-32-52(33-29-50)40-12-10-14-42(36-40)54(46(55)47(3,4)5)43-15-11-13-41(37-43)53-34-30-51(31-35-53)27-9-7-25-49-61(58,59)45-22-18-39(2)19-23-45/h10-23,36-37,48-49H,6-9,24-35H2,1-5H3. The number of anilines is 4. The highest BCUT2D eigenvalue weighted by atomic mass is 32.2. The van der Waals surface area contributed by atoms with Crippen LogP contribution in [0.4, 0.5) is 22.7 Å². The molecule has 4 aromatic rings. The second kappa shape index (κ2) is 20.7.